The largest absolute Gasteiger partial charge is 0.497 e. The normalized spacial score (nSPS) is 11.6. The molecule has 0 heterocycles. The fraction of sp³-hybridized carbons (Fsp3) is 0.417. The smallest absolute Gasteiger partial charge is 0.242 e. The van der Waals surface area contributed by atoms with Crippen LogP contribution in [0.3, 0.4) is 0 Å². The zero-order valence-corrected chi connectivity index (χ0v) is 17.7. The first kappa shape index (κ1) is 22.5. The maximum Gasteiger partial charge on any atom is 0.242 e. The van der Waals surface area contributed by atoms with Crippen molar-refractivity contribution in [2.24, 2.45) is 0 Å². The number of methoxy groups -OCH3 is 1. The average Bonchev–Trinajstić information content (AvgIpc) is 2.76. The van der Waals surface area contributed by atoms with Crippen LogP contribution in [0.15, 0.2) is 54.6 Å². The molecule has 5 heteroatoms. The zero-order valence-electron chi connectivity index (χ0n) is 17.7. The van der Waals surface area contributed by atoms with E-state index in [0.29, 0.717) is 25.9 Å². The molecule has 0 saturated carbocycles. The highest BCUT2D eigenvalue weighted by atomic mass is 16.5. The van der Waals surface area contributed by atoms with Gasteiger partial charge in [0.05, 0.1) is 13.5 Å². The summed E-state index contributed by atoms with van der Waals surface area (Å²) in [7, 11) is 1.62. The minimum atomic E-state index is -0.462. The molecule has 29 heavy (non-hydrogen) atoms. The van der Waals surface area contributed by atoms with Gasteiger partial charge in [-0.25, -0.2) is 0 Å². The number of hydrogen-bond donors (Lipinski definition) is 1. The Balaban J connectivity index is 2.16. The van der Waals surface area contributed by atoms with Crippen LogP contribution in [0, 0.1) is 0 Å². The molecular formula is C24H32N2O3. The van der Waals surface area contributed by atoms with E-state index in [2.05, 4.69) is 5.32 Å². The molecule has 0 saturated heterocycles. The highest BCUT2D eigenvalue weighted by Crippen LogP contribution is 2.15. The van der Waals surface area contributed by atoms with E-state index >= 15 is 0 Å². The molecule has 0 aliphatic carbocycles. The minimum Gasteiger partial charge on any atom is -0.497 e. The number of ether oxygens (including phenoxy) is 1. The van der Waals surface area contributed by atoms with Crippen LogP contribution < -0.4 is 10.1 Å². The van der Waals surface area contributed by atoms with Crippen molar-refractivity contribution in [3.63, 3.8) is 0 Å². The van der Waals surface area contributed by atoms with Crippen LogP contribution in [0.5, 0.6) is 5.75 Å². The lowest BCUT2D eigenvalue weighted by Crippen LogP contribution is -2.50. The van der Waals surface area contributed by atoms with Crippen molar-refractivity contribution in [1.29, 1.82) is 0 Å². The molecule has 2 amide bonds. The lowest BCUT2D eigenvalue weighted by Gasteiger charge is -2.30. The standard InChI is InChI=1S/C24H32N2O3/c1-4-16-25-24(28)22(5-2)26(17-15-19-9-7-6-8-10-19)23(27)18-20-11-13-21(29-3)14-12-20/h6-14,22H,4-5,15-18H2,1-3H3,(H,25,28)/t22-/m0/s1. The average molecular weight is 397 g/mol. The van der Waals surface area contributed by atoms with E-state index in [1.54, 1.807) is 12.0 Å². The monoisotopic (exact) mass is 396 g/mol. The molecule has 0 bridgehead atoms. The predicted molar refractivity (Wildman–Crippen MR) is 116 cm³/mol. The Labute approximate surface area is 174 Å². The Morgan fingerprint density at radius 3 is 2.28 bits per heavy atom. The molecule has 156 valence electrons. The zero-order chi connectivity index (χ0) is 21.1. The van der Waals surface area contributed by atoms with Crippen molar-refractivity contribution in [2.75, 3.05) is 20.2 Å². The van der Waals surface area contributed by atoms with Crippen molar-refractivity contribution >= 4 is 11.8 Å². The summed E-state index contributed by atoms with van der Waals surface area (Å²) in [6.45, 7) is 5.10. The number of rotatable bonds is 11. The molecule has 1 N–H and O–H groups in total. The van der Waals surface area contributed by atoms with E-state index in [-0.39, 0.29) is 18.2 Å². The number of amides is 2. The van der Waals surface area contributed by atoms with Gasteiger partial charge in [0.25, 0.3) is 0 Å². The Morgan fingerprint density at radius 1 is 1.00 bits per heavy atom. The fourth-order valence-electron chi connectivity index (χ4n) is 3.28. The molecule has 2 aromatic rings. The number of nitrogens with zero attached hydrogens (tertiary/aromatic N) is 1. The van der Waals surface area contributed by atoms with Crippen molar-refractivity contribution in [2.45, 2.75) is 45.6 Å². The maximum absolute atomic E-state index is 13.2. The third-order valence-corrected chi connectivity index (χ3v) is 4.93. The minimum absolute atomic E-state index is 0.0374. The van der Waals surface area contributed by atoms with Crippen LogP contribution in [0.25, 0.3) is 0 Å². The van der Waals surface area contributed by atoms with Gasteiger partial charge in [0.2, 0.25) is 11.8 Å². The van der Waals surface area contributed by atoms with E-state index in [9.17, 15) is 9.59 Å². The van der Waals surface area contributed by atoms with Gasteiger partial charge in [-0.1, -0.05) is 56.3 Å². The first-order valence-corrected chi connectivity index (χ1v) is 10.3. The van der Waals surface area contributed by atoms with Gasteiger partial charge in [0.1, 0.15) is 11.8 Å². The Hall–Kier alpha value is -2.82. The number of hydrogen-bond acceptors (Lipinski definition) is 3. The Bertz CT molecular complexity index is 759. The van der Waals surface area contributed by atoms with Gasteiger partial charge in [0, 0.05) is 13.1 Å². The number of nitrogens with one attached hydrogen (secondary N) is 1. The van der Waals surface area contributed by atoms with Gasteiger partial charge in [0.15, 0.2) is 0 Å². The number of benzene rings is 2. The van der Waals surface area contributed by atoms with Crippen LogP contribution in [0.1, 0.15) is 37.8 Å². The quantitative estimate of drug-likeness (QED) is 0.631. The lowest BCUT2D eigenvalue weighted by atomic mass is 10.1. The second-order valence-corrected chi connectivity index (χ2v) is 7.06. The predicted octanol–water partition coefficient (Wildman–Crippen LogP) is 3.61. The van der Waals surface area contributed by atoms with Gasteiger partial charge < -0.3 is 15.0 Å². The first-order valence-electron chi connectivity index (χ1n) is 10.3. The van der Waals surface area contributed by atoms with Crippen molar-refractivity contribution in [3.05, 3.63) is 65.7 Å². The van der Waals surface area contributed by atoms with Crippen molar-refractivity contribution < 1.29 is 14.3 Å². The van der Waals surface area contributed by atoms with E-state index in [1.165, 1.54) is 0 Å². The van der Waals surface area contributed by atoms with Crippen LogP contribution in [0.4, 0.5) is 0 Å². The second-order valence-electron chi connectivity index (χ2n) is 7.06. The molecule has 0 spiro atoms. The number of carbonyl (C=O) groups is 2. The lowest BCUT2D eigenvalue weighted by molar-refractivity contribution is -0.140. The van der Waals surface area contributed by atoms with Gasteiger partial charge in [-0.2, -0.15) is 0 Å². The summed E-state index contributed by atoms with van der Waals surface area (Å²) in [5.74, 6) is 0.641. The third kappa shape index (κ3) is 6.93. The highest BCUT2D eigenvalue weighted by Gasteiger charge is 2.28. The molecule has 0 aromatic heterocycles. The van der Waals surface area contributed by atoms with E-state index in [4.69, 9.17) is 4.74 Å². The summed E-state index contributed by atoms with van der Waals surface area (Å²) >= 11 is 0. The Morgan fingerprint density at radius 2 is 1.69 bits per heavy atom. The van der Waals surface area contributed by atoms with Crippen LogP contribution in [0.2, 0.25) is 0 Å². The third-order valence-electron chi connectivity index (χ3n) is 4.93. The van der Waals surface area contributed by atoms with E-state index in [1.807, 2.05) is 68.4 Å². The summed E-state index contributed by atoms with van der Waals surface area (Å²) in [6.07, 6.45) is 2.42. The van der Waals surface area contributed by atoms with Crippen molar-refractivity contribution in [3.8, 4) is 5.75 Å². The van der Waals surface area contributed by atoms with Crippen molar-refractivity contribution in [1.82, 2.24) is 10.2 Å². The van der Waals surface area contributed by atoms with E-state index < -0.39 is 6.04 Å². The molecule has 5 nitrogen and oxygen atoms in total. The summed E-state index contributed by atoms with van der Waals surface area (Å²) in [6, 6.07) is 17.1. The maximum atomic E-state index is 13.2. The summed E-state index contributed by atoms with van der Waals surface area (Å²) in [5.41, 5.74) is 2.06. The molecule has 0 fully saturated rings. The van der Waals surface area contributed by atoms with Gasteiger partial charge in [-0.05, 0) is 42.5 Å². The summed E-state index contributed by atoms with van der Waals surface area (Å²) in [4.78, 5) is 27.6. The van der Waals surface area contributed by atoms with Gasteiger partial charge in [-0.15, -0.1) is 0 Å². The molecule has 0 aliphatic heterocycles. The topological polar surface area (TPSA) is 58.6 Å². The fourth-order valence-corrected chi connectivity index (χ4v) is 3.28. The van der Waals surface area contributed by atoms with Crippen LogP contribution >= 0.6 is 0 Å². The Kier molecular flexibility index (Phi) is 9.22. The molecule has 2 rings (SSSR count). The highest BCUT2D eigenvalue weighted by molar-refractivity contribution is 5.88. The van der Waals surface area contributed by atoms with Gasteiger partial charge >= 0.3 is 0 Å². The SMILES string of the molecule is CCCNC(=O)[C@H](CC)N(CCc1ccccc1)C(=O)Cc1ccc(OC)cc1. The molecular weight excluding hydrogens is 364 g/mol. The van der Waals surface area contributed by atoms with Crippen LogP contribution in [-0.4, -0.2) is 43.0 Å². The summed E-state index contributed by atoms with van der Waals surface area (Å²) < 4.78 is 5.19. The second kappa shape index (κ2) is 11.9. The van der Waals surface area contributed by atoms with Gasteiger partial charge in [-0.3, -0.25) is 9.59 Å². The molecule has 0 unspecified atom stereocenters. The first-order chi connectivity index (χ1) is 14.1. The summed E-state index contributed by atoms with van der Waals surface area (Å²) in [5, 5.41) is 2.95. The van der Waals surface area contributed by atoms with Crippen LogP contribution in [-0.2, 0) is 22.4 Å². The van der Waals surface area contributed by atoms with E-state index in [0.717, 1.165) is 23.3 Å². The molecule has 0 radical (unpaired) electrons. The number of carbonyl (C=O) groups excluding carboxylic acids is 2. The molecule has 1 atom stereocenters. The molecule has 0 aliphatic rings. The molecule has 2 aromatic carbocycles.